The van der Waals surface area contributed by atoms with Crippen LogP contribution in [-0.2, 0) is 6.42 Å². The topological polar surface area (TPSA) is 88.8 Å². The predicted octanol–water partition coefficient (Wildman–Crippen LogP) is 2.43. The Morgan fingerprint density at radius 3 is 2.78 bits per heavy atom. The summed E-state index contributed by atoms with van der Waals surface area (Å²) in [5.74, 6) is -0.823. The molecule has 0 fully saturated rings. The van der Waals surface area contributed by atoms with E-state index in [1.54, 1.807) is 16.7 Å². The Morgan fingerprint density at radius 1 is 1.39 bits per heavy atom. The molecule has 1 aliphatic heterocycles. The molecule has 0 spiro atoms. The van der Waals surface area contributed by atoms with Gasteiger partial charge in [-0.3, -0.25) is 4.79 Å². The van der Waals surface area contributed by atoms with Crippen LogP contribution < -0.4 is 10.2 Å². The van der Waals surface area contributed by atoms with Crippen LogP contribution in [0.1, 0.15) is 35.8 Å². The van der Waals surface area contributed by atoms with E-state index in [0.29, 0.717) is 24.5 Å². The van der Waals surface area contributed by atoms with E-state index in [9.17, 15) is 14.7 Å². The van der Waals surface area contributed by atoms with E-state index in [-0.39, 0.29) is 17.4 Å². The Hall–Kier alpha value is -2.76. The minimum Gasteiger partial charge on any atom is -0.504 e. The van der Waals surface area contributed by atoms with Crippen LogP contribution in [-0.4, -0.2) is 27.4 Å². The molecule has 1 aromatic carbocycles. The van der Waals surface area contributed by atoms with Crippen molar-refractivity contribution in [2.75, 3.05) is 6.61 Å². The molecule has 6 heteroatoms. The predicted molar refractivity (Wildman–Crippen MR) is 84.3 cm³/mol. The van der Waals surface area contributed by atoms with E-state index in [2.05, 4.69) is 0 Å². The fourth-order valence-corrected chi connectivity index (χ4v) is 3.00. The van der Waals surface area contributed by atoms with Gasteiger partial charge in [-0.2, -0.15) is 0 Å². The van der Waals surface area contributed by atoms with Crippen LogP contribution >= 0.6 is 0 Å². The average molecular weight is 315 g/mol. The van der Waals surface area contributed by atoms with Gasteiger partial charge in [0.15, 0.2) is 16.9 Å². The number of hydrogen-bond acceptors (Lipinski definition) is 4. The molecule has 1 atom stereocenters. The van der Waals surface area contributed by atoms with E-state index in [0.717, 1.165) is 11.1 Å². The molecule has 6 nitrogen and oxygen atoms in total. The minimum atomic E-state index is -1.24. The van der Waals surface area contributed by atoms with Gasteiger partial charge in [-0.15, -0.1) is 0 Å². The highest BCUT2D eigenvalue weighted by atomic mass is 16.5. The van der Waals surface area contributed by atoms with E-state index in [4.69, 9.17) is 9.84 Å². The number of phenolic OH excluding ortho intramolecular Hbond substituents is 1. The third-order valence-electron chi connectivity index (χ3n) is 4.06. The highest BCUT2D eigenvalue weighted by Gasteiger charge is 2.25. The fraction of sp³-hybridized carbons (Fsp3) is 0.294. The molecule has 0 radical (unpaired) electrons. The highest BCUT2D eigenvalue weighted by Crippen LogP contribution is 2.40. The van der Waals surface area contributed by atoms with Gasteiger partial charge >= 0.3 is 5.97 Å². The lowest BCUT2D eigenvalue weighted by atomic mass is 9.92. The summed E-state index contributed by atoms with van der Waals surface area (Å²) in [6, 6.07) is 4.66. The SMILES string of the molecule is CCOc1cc2c(cc1O)-c1cc(=O)c(C(=O)O)cn1C(C)C2. The summed E-state index contributed by atoms with van der Waals surface area (Å²) >= 11 is 0. The van der Waals surface area contributed by atoms with Gasteiger partial charge in [-0.25, -0.2) is 4.79 Å². The number of hydrogen-bond donors (Lipinski definition) is 2. The summed E-state index contributed by atoms with van der Waals surface area (Å²) < 4.78 is 7.17. The Bertz CT molecular complexity index is 853. The zero-order valence-electron chi connectivity index (χ0n) is 12.9. The molecule has 1 unspecified atom stereocenters. The quantitative estimate of drug-likeness (QED) is 0.908. The molecule has 0 aliphatic carbocycles. The second kappa shape index (κ2) is 5.46. The number of aromatic carboxylic acids is 1. The van der Waals surface area contributed by atoms with E-state index in [1.807, 2.05) is 13.8 Å². The van der Waals surface area contributed by atoms with Crippen LogP contribution in [0, 0.1) is 0 Å². The number of aromatic hydroxyl groups is 1. The normalized spacial score (nSPS) is 15.7. The van der Waals surface area contributed by atoms with Crippen molar-refractivity contribution in [3.8, 4) is 22.8 Å². The van der Waals surface area contributed by atoms with E-state index >= 15 is 0 Å². The van der Waals surface area contributed by atoms with E-state index < -0.39 is 11.4 Å². The van der Waals surface area contributed by atoms with E-state index in [1.165, 1.54) is 12.3 Å². The molecular weight excluding hydrogens is 298 g/mol. The van der Waals surface area contributed by atoms with Crippen molar-refractivity contribution in [1.82, 2.24) is 4.57 Å². The summed E-state index contributed by atoms with van der Waals surface area (Å²) in [4.78, 5) is 23.2. The fourth-order valence-electron chi connectivity index (χ4n) is 3.00. The monoisotopic (exact) mass is 315 g/mol. The maximum atomic E-state index is 12.0. The van der Waals surface area contributed by atoms with Crippen molar-refractivity contribution in [2.24, 2.45) is 0 Å². The number of nitrogens with zero attached hydrogens (tertiary/aromatic N) is 1. The average Bonchev–Trinajstić information content (AvgIpc) is 2.49. The van der Waals surface area contributed by atoms with Crippen LogP contribution in [0.2, 0.25) is 0 Å². The van der Waals surface area contributed by atoms with Gasteiger partial charge in [0.05, 0.1) is 12.3 Å². The Balaban J connectivity index is 2.23. The van der Waals surface area contributed by atoms with Crippen LogP contribution in [0.15, 0.2) is 29.2 Å². The number of ether oxygens (including phenoxy) is 1. The maximum Gasteiger partial charge on any atom is 0.341 e. The molecule has 0 saturated carbocycles. The Labute approximate surface area is 132 Å². The largest absolute Gasteiger partial charge is 0.504 e. The molecule has 0 saturated heterocycles. The molecular formula is C17H17NO5. The van der Waals surface area contributed by atoms with Gasteiger partial charge in [-0.1, -0.05) is 0 Å². The van der Waals surface area contributed by atoms with Crippen molar-refractivity contribution in [1.29, 1.82) is 0 Å². The van der Waals surface area contributed by atoms with Crippen LogP contribution in [0.3, 0.4) is 0 Å². The molecule has 1 aromatic heterocycles. The van der Waals surface area contributed by atoms with Crippen LogP contribution in [0.25, 0.3) is 11.3 Å². The third-order valence-corrected chi connectivity index (χ3v) is 4.06. The summed E-state index contributed by atoms with van der Waals surface area (Å²) in [5, 5.41) is 19.2. The van der Waals surface area contributed by atoms with Crippen LogP contribution in [0.5, 0.6) is 11.5 Å². The zero-order chi connectivity index (χ0) is 16.7. The number of fused-ring (bicyclic) bond motifs is 3. The minimum absolute atomic E-state index is 0.00135. The van der Waals surface area contributed by atoms with Gasteiger partial charge in [0, 0.05) is 23.9 Å². The summed E-state index contributed by atoms with van der Waals surface area (Å²) in [5.41, 5.74) is 1.49. The lowest BCUT2D eigenvalue weighted by Crippen LogP contribution is -2.24. The number of aromatic nitrogens is 1. The highest BCUT2D eigenvalue weighted by molar-refractivity contribution is 5.87. The molecule has 0 bridgehead atoms. The van der Waals surface area contributed by atoms with Gasteiger partial charge in [0.25, 0.3) is 0 Å². The van der Waals surface area contributed by atoms with Crippen molar-refractivity contribution in [3.05, 3.63) is 45.7 Å². The maximum absolute atomic E-state index is 12.0. The lowest BCUT2D eigenvalue weighted by Gasteiger charge is -2.29. The van der Waals surface area contributed by atoms with Crippen LogP contribution in [0.4, 0.5) is 0 Å². The molecule has 2 N–H and O–H groups in total. The number of benzene rings is 1. The Morgan fingerprint density at radius 2 is 2.13 bits per heavy atom. The molecule has 3 rings (SSSR count). The second-order valence-corrected chi connectivity index (χ2v) is 5.61. The number of carboxylic acid groups (broad SMARTS) is 1. The first-order valence-electron chi connectivity index (χ1n) is 7.41. The molecule has 2 heterocycles. The van der Waals surface area contributed by atoms with Crippen molar-refractivity contribution in [2.45, 2.75) is 26.3 Å². The molecule has 120 valence electrons. The first kappa shape index (κ1) is 15.1. The smallest absolute Gasteiger partial charge is 0.341 e. The first-order valence-corrected chi connectivity index (χ1v) is 7.41. The van der Waals surface area contributed by atoms with Crippen molar-refractivity contribution in [3.63, 3.8) is 0 Å². The van der Waals surface area contributed by atoms with Gasteiger partial charge in [-0.05, 0) is 38.0 Å². The number of carbonyl (C=O) groups is 1. The third kappa shape index (κ3) is 2.46. The number of rotatable bonds is 3. The van der Waals surface area contributed by atoms with Crippen molar-refractivity contribution < 1.29 is 19.7 Å². The molecule has 0 amide bonds. The first-order chi connectivity index (χ1) is 10.9. The van der Waals surface area contributed by atoms with Gasteiger partial charge in [0.1, 0.15) is 5.56 Å². The molecule has 1 aliphatic rings. The second-order valence-electron chi connectivity index (χ2n) is 5.61. The summed E-state index contributed by atoms with van der Waals surface area (Å²) in [6.45, 7) is 4.24. The number of phenols is 1. The van der Waals surface area contributed by atoms with Gasteiger partial charge < -0.3 is 19.5 Å². The Kier molecular flexibility index (Phi) is 3.60. The van der Waals surface area contributed by atoms with Crippen molar-refractivity contribution >= 4 is 5.97 Å². The van der Waals surface area contributed by atoms with Gasteiger partial charge in [0.2, 0.25) is 0 Å². The zero-order valence-corrected chi connectivity index (χ0v) is 12.9. The summed E-state index contributed by atoms with van der Waals surface area (Å²) in [6.07, 6.45) is 2.03. The number of carboxylic acids is 1. The molecule has 2 aromatic rings. The lowest BCUT2D eigenvalue weighted by molar-refractivity contribution is 0.0694. The molecule has 23 heavy (non-hydrogen) atoms. The summed E-state index contributed by atoms with van der Waals surface area (Å²) in [7, 11) is 0. The number of pyridine rings is 1. The standard InChI is InChI=1S/C17H17NO5/c1-3-23-16-5-10-4-9(2)18-8-12(17(21)22)14(19)7-13(18)11(10)6-15(16)20/h5-9,20H,3-4H2,1-2H3,(H,21,22).